The van der Waals surface area contributed by atoms with E-state index in [1.165, 1.54) is 0 Å². The SMILES string of the molecule is CSc1nc(-c2cccc(OC(F)(F)F)c2F)c(C#N)c(=O)[nH]1. The predicted octanol–water partition coefficient (Wildman–Crippen LogP) is 3.07. The minimum Gasteiger partial charge on any atom is -0.403 e. The van der Waals surface area contributed by atoms with Gasteiger partial charge in [-0.15, -0.1) is 13.2 Å². The van der Waals surface area contributed by atoms with E-state index in [0.29, 0.717) is 0 Å². The van der Waals surface area contributed by atoms with Gasteiger partial charge in [-0.2, -0.15) is 5.26 Å². The Morgan fingerprint density at radius 2 is 2.09 bits per heavy atom. The summed E-state index contributed by atoms with van der Waals surface area (Å²) in [5, 5.41) is 9.11. The number of aromatic nitrogens is 2. The molecule has 1 heterocycles. The minimum atomic E-state index is -5.08. The normalized spacial score (nSPS) is 11.1. The molecule has 0 radical (unpaired) electrons. The van der Waals surface area contributed by atoms with E-state index in [9.17, 15) is 22.4 Å². The number of benzene rings is 1. The monoisotopic (exact) mass is 345 g/mol. The quantitative estimate of drug-likeness (QED) is 0.525. The van der Waals surface area contributed by atoms with Gasteiger partial charge >= 0.3 is 6.36 Å². The summed E-state index contributed by atoms with van der Waals surface area (Å²) in [7, 11) is 0. The lowest BCUT2D eigenvalue weighted by Crippen LogP contribution is -2.18. The Balaban J connectivity index is 2.68. The summed E-state index contributed by atoms with van der Waals surface area (Å²) in [5.74, 6) is -2.45. The largest absolute Gasteiger partial charge is 0.573 e. The van der Waals surface area contributed by atoms with Gasteiger partial charge in [0.05, 0.1) is 5.69 Å². The van der Waals surface area contributed by atoms with Gasteiger partial charge in [0.25, 0.3) is 5.56 Å². The second kappa shape index (κ2) is 6.29. The standard InChI is InChI=1S/C13H7F4N3O2S/c1-23-12-19-10(7(5-18)11(21)20-12)6-3-2-4-8(9(6)14)22-13(15,16)17/h2-4H,1H3,(H,19,20,21). The van der Waals surface area contributed by atoms with E-state index < -0.39 is 34.6 Å². The number of ether oxygens (including phenoxy) is 1. The maximum Gasteiger partial charge on any atom is 0.573 e. The van der Waals surface area contributed by atoms with E-state index in [1.807, 2.05) is 0 Å². The average Bonchev–Trinajstić information content (AvgIpc) is 2.47. The second-order valence-corrected chi connectivity index (χ2v) is 4.87. The molecule has 0 aliphatic rings. The van der Waals surface area contributed by atoms with Crippen molar-refractivity contribution in [1.29, 1.82) is 5.26 Å². The van der Waals surface area contributed by atoms with Crippen molar-refractivity contribution in [3.8, 4) is 23.1 Å². The van der Waals surface area contributed by atoms with Crippen LogP contribution in [0.3, 0.4) is 0 Å². The summed E-state index contributed by atoms with van der Waals surface area (Å²) in [6.07, 6.45) is -3.50. The maximum absolute atomic E-state index is 14.3. The first-order chi connectivity index (χ1) is 10.8. The molecule has 10 heteroatoms. The number of nitrogens with zero attached hydrogens (tertiary/aromatic N) is 2. The third-order valence-corrected chi connectivity index (χ3v) is 3.23. The van der Waals surface area contributed by atoms with Crippen molar-refractivity contribution in [2.75, 3.05) is 6.26 Å². The lowest BCUT2D eigenvalue weighted by molar-refractivity contribution is -0.275. The Bertz CT molecular complexity index is 843. The smallest absolute Gasteiger partial charge is 0.403 e. The van der Waals surface area contributed by atoms with E-state index in [0.717, 1.165) is 30.0 Å². The number of alkyl halides is 3. The second-order valence-electron chi connectivity index (χ2n) is 4.08. The van der Waals surface area contributed by atoms with Gasteiger partial charge in [-0.1, -0.05) is 17.8 Å². The number of rotatable bonds is 3. The number of hydrogen-bond donors (Lipinski definition) is 1. The van der Waals surface area contributed by atoms with Crippen LogP contribution in [0.5, 0.6) is 5.75 Å². The highest BCUT2D eigenvalue weighted by Crippen LogP contribution is 2.32. The zero-order valence-electron chi connectivity index (χ0n) is 11.4. The number of nitrogens with one attached hydrogen (secondary N) is 1. The third kappa shape index (κ3) is 3.62. The first-order valence-electron chi connectivity index (χ1n) is 5.90. The number of halogens is 4. The van der Waals surface area contributed by atoms with Crippen molar-refractivity contribution in [2.45, 2.75) is 11.5 Å². The van der Waals surface area contributed by atoms with Crippen LogP contribution in [-0.2, 0) is 0 Å². The molecule has 0 fully saturated rings. The van der Waals surface area contributed by atoms with Crippen molar-refractivity contribution in [3.63, 3.8) is 0 Å². The van der Waals surface area contributed by atoms with Crippen molar-refractivity contribution >= 4 is 11.8 Å². The van der Waals surface area contributed by atoms with Gasteiger partial charge < -0.3 is 9.72 Å². The zero-order valence-corrected chi connectivity index (χ0v) is 12.2. The molecule has 0 aliphatic carbocycles. The number of aromatic amines is 1. The van der Waals surface area contributed by atoms with Crippen LogP contribution < -0.4 is 10.3 Å². The molecule has 5 nitrogen and oxygen atoms in total. The Morgan fingerprint density at radius 1 is 1.39 bits per heavy atom. The fourth-order valence-electron chi connectivity index (χ4n) is 1.75. The molecule has 1 aromatic carbocycles. The number of H-pyrrole nitrogens is 1. The first-order valence-corrected chi connectivity index (χ1v) is 7.12. The van der Waals surface area contributed by atoms with Crippen LogP contribution in [-0.4, -0.2) is 22.6 Å². The van der Waals surface area contributed by atoms with Crippen molar-refractivity contribution in [3.05, 3.63) is 39.9 Å². The minimum absolute atomic E-state index is 0.0885. The van der Waals surface area contributed by atoms with E-state index in [2.05, 4.69) is 14.7 Å². The summed E-state index contributed by atoms with van der Waals surface area (Å²) < 4.78 is 54.7. The van der Waals surface area contributed by atoms with E-state index in [1.54, 1.807) is 12.3 Å². The van der Waals surface area contributed by atoms with Gasteiger partial charge in [-0.3, -0.25) is 4.79 Å². The molecule has 0 spiro atoms. The Hall–Kier alpha value is -2.54. The molecular weight excluding hydrogens is 338 g/mol. The highest BCUT2D eigenvalue weighted by Gasteiger charge is 2.33. The van der Waals surface area contributed by atoms with E-state index in [-0.39, 0.29) is 10.9 Å². The summed E-state index contributed by atoms with van der Waals surface area (Å²) in [4.78, 5) is 18.0. The molecule has 0 aliphatic heterocycles. The van der Waals surface area contributed by atoms with E-state index in [4.69, 9.17) is 5.26 Å². The summed E-state index contributed by atoms with van der Waals surface area (Å²) in [5.41, 5.74) is -2.12. The molecule has 120 valence electrons. The molecule has 0 saturated heterocycles. The van der Waals surface area contributed by atoms with Crippen LogP contribution in [0.15, 0.2) is 28.2 Å². The Kier molecular flexibility index (Phi) is 4.60. The van der Waals surface area contributed by atoms with Gasteiger partial charge in [0.2, 0.25) is 0 Å². The number of hydrogen-bond acceptors (Lipinski definition) is 5. The lowest BCUT2D eigenvalue weighted by Gasteiger charge is -2.12. The van der Waals surface area contributed by atoms with Crippen LogP contribution in [0.1, 0.15) is 5.56 Å². The molecule has 1 aromatic heterocycles. The summed E-state index contributed by atoms with van der Waals surface area (Å²) >= 11 is 1.02. The van der Waals surface area contributed by atoms with Crippen LogP contribution in [0.25, 0.3) is 11.3 Å². The van der Waals surface area contributed by atoms with Crippen LogP contribution in [0, 0.1) is 17.1 Å². The fraction of sp³-hybridized carbons (Fsp3) is 0.154. The Morgan fingerprint density at radius 3 is 2.65 bits per heavy atom. The summed E-state index contributed by atoms with van der Waals surface area (Å²) in [6, 6.07) is 4.54. The summed E-state index contributed by atoms with van der Waals surface area (Å²) in [6.45, 7) is 0. The fourth-order valence-corrected chi connectivity index (χ4v) is 2.12. The lowest BCUT2D eigenvalue weighted by atomic mass is 10.1. The van der Waals surface area contributed by atoms with Crippen molar-refractivity contribution in [2.24, 2.45) is 0 Å². The van der Waals surface area contributed by atoms with Gasteiger partial charge in [-0.05, 0) is 18.4 Å². The molecule has 2 rings (SSSR count). The molecular formula is C13H7F4N3O2S. The molecule has 0 saturated carbocycles. The molecule has 1 N–H and O–H groups in total. The number of thioether (sulfide) groups is 1. The molecule has 0 atom stereocenters. The predicted molar refractivity (Wildman–Crippen MR) is 73.4 cm³/mol. The van der Waals surface area contributed by atoms with Crippen molar-refractivity contribution < 1.29 is 22.3 Å². The first kappa shape index (κ1) is 16.8. The van der Waals surface area contributed by atoms with Crippen LogP contribution in [0.2, 0.25) is 0 Å². The van der Waals surface area contributed by atoms with Gasteiger partial charge in [0.1, 0.15) is 11.6 Å². The van der Waals surface area contributed by atoms with Crippen LogP contribution >= 0.6 is 11.8 Å². The molecule has 2 aromatic rings. The average molecular weight is 345 g/mol. The third-order valence-electron chi connectivity index (χ3n) is 2.65. The van der Waals surface area contributed by atoms with Gasteiger partial charge in [0.15, 0.2) is 16.7 Å². The molecule has 0 unspecified atom stereocenters. The number of nitriles is 1. The highest BCUT2D eigenvalue weighted by molar-refractivity contribution is 7.98. The van der Waals surface area contributed by atoms with Gasteiger partial charge in [0, 0.05) is 5.56 Å². The topological polar surface area (TPSA) is 78.8 Å². The van der Waals surface area contributed by atoms with Crippen LogP contribution in [0.4, 0.5) is 17.6 Å². The molecule has 0 bridgehead atoms. The van der Waals surface area contributed by atoms with Crippen molar-refractivity contribution in [1.82, 2.24) is 9.97 Å². The van der Waals surface area contributed by atoms with Gasteiger partial charge in [-0.25, -0.2) is 9.37 Å². The Labute approximate surface area is 130 Å². The molecule has 0 amide bonds. The highest BCUT2D eigenvalue weighted by atomic mass is 32.2. The maximum atomic E-state index is 14.3. The zero-order chi connectivity index (χ0) is 17.2. The molecule has 23 heavy (non-hydrogen) atoms. The van der Waals surface area contributed by atoms with E-state index >= 15 is 0 Å².